The van der Waals surface area contributed by atoms with E-state index < -0.39 is 5.97 Å². The number of hydrogen-bond acceptors (Lipinski definition) is 3. The van der Waals surface area contributed by atoms with Gasteiger partial charge in [0.1, 0.15) is 5.75 Å². The van der Waals surface area contributed by atoms with Crippen LogP contribution in [0, 0.1) is 0 Å². The number of rotatable bonds is 4. The lowest BCUT2D eigenvalue weighted by Gasteiger charge is -2.24. The van der Waals surface area contributed by atoms with Crippen molar-refractivity contribution < 1.29 is 19.4 Å². The van der Waals surface area contributed by atoms with Crippen LogP contribution in [0.5, 0.6) is 5.75 Å². The van der Waals surface area contributed by atoms with Gasteiger partial charge >= 0.3 is 12.0 Å². The number of methoxy groups -OCH3 is 1. The number of nitrogens with one attached hydrogen (secondary N) is 1. The molecule has 2 amide bonds. The van der Waals surface area contributed by atoms with Crippen LogP contribution < -0.4 is 10.1 Å². The van der Waals surface area contributed by atoms with Crippen molar-refractivity contribution >= 4 is 29.3 Å². The molecule has 1 unspecified atom stereocenters. The maximum Gasteiger partial charge on any atom is 0.322 e. The summed E-state index contributed by atoms with van der Waals surface area (Å²) in [5.74, 6) is -0.322. The predicted molar refractivity (Wildman–Crippen MR) is 79.0 cm³/mol. The van der Waals surface area contributed by atoms with E-state index in [9.17, 15) is 9.59 Å². The number of nitrogens with zero attached hydrogens (tertiary/aromatic N) is 1. The molecule has 2 N–H and O–H groups in total. The second-order valence-electron chi connectivity index (χ2n) is 4.86. The Bertz CT molecular complexity index is 550. The quantitative estimate of drug-likeness (QED) is 0.896. The third-order valence-corrected chi connectivity index (χ3v) is 3.79. The Hall–Kier alpha value is -1.95. The first-order valence-electron chi connectivity index (χ1n) is 6.64. The fourth-order valence-electron chi connectivity index (χ4n) is 2.43. The van der Waals surface area contributed by atoms with Crippen molar-refractivity contribution in [1.82, 2.24) is 4.90 Å². The van der Waals surface area contributed by atoms with Crippen LogP contribution in [0.2, 0.25) is 5.02 Å². The van der Waals surface area contributed by atoms with Gasteiger partial charge in [-0.1, -0.05) is 11.6 Å². The molecule has 114 valence electrons. The first-order chi connectivity index (χ1) is 10.0. The molecule has 0 aromatic heterocycles. The number of benzene rings is 1. The Kier molecular flexibility index (Phi) is 4.90. The lowest BCUT2D eigenvalue weighted by molar-refractivity contribution is -0.137. The standard InChI is InChI=1S/C14H17ClN2O4/c1-21-10-4-5-11(15)12(8-10)16-14(20)17-6-2-3-9(17)7-13(18)19/h4-5,8-9H,2-3,6-7H2,1H3,(H,16,20)(H,18,19). The fraction of sp³-hybridized carbons (Fsp3) is 0.429. The van der Waals surface area contributed by atoms with Gasteiger partial charge in [-0.2, -0.15) is 0 Å². The summed E-state index contributed by atoms with van der Waals surface area (Å²) in [4.78, 5) is 24.6. The molecule has 7 heteroatoms. The number of carbonyl (C=O) groups excluding carboxylic acids is 1. The number of carboxylic acid groups (broad SMARTS) is 1. The molecule has 1 saturated heterocycles. The van der Waals surface area contributed by atoms with Gasteiger partial charge in [0, 0.05) is 18.7 Å². The molecule has 0 bridgehead atoms. The Morgan fingerprint density at radius 3 is 2.95 bits per heavy atom. The van der Waals surface area contributed by atoms with Crippen molar-refractivity contribution in [3.63, 3.8) is 0 Å². The van der Waals surface area contributed by atoms with E-state index in [4.69, 9.17) is 21.4 Å². The summed E-state index contributed by atoms with van der Waals surface area (Å²) in [6.45, 7) is 0.547. The summed E-state index contributed by atoms with van der Waals surface area (Å²) in [6.07, 6.45) is 1.46. The van der Waals surface area contributed by atoms with Gasteiger partial charge in [-0.15, -0.1) is 0 Å². The van der Waals surface area contributed by atoms with Gasteiger partial charge in [0.05, 0.1) is 24.2 Å². The van der Waals surface area contributed by atoms with Crippen LogP contribution in [0.3, 0.4) is 0 Å². The van der Waals surface area contributed by atoms with Gasteiger partial charge in [-0.3, -0.25) is 4.79 Å². The molecule has 6 nitrogen and oxygen atoms in total. The molecule has 1 fully saturated rings. The molecular weight excluding hydrogens is 296 g/mol. The Balaban J connectivity index is 2.08. The highest BCUT2D eigenvalue weighted by atomic mass is 35.5. The van der Waals surface area contributed by atoms with Crippen LogP contribution in [0.25, 0.3) is 0 Å². The molecule has 2 rings (SSSR count). The number of amides is 2. The highest BCUT2D eigenvalue weighted by Crippen LogP contribution is 2.28. The fourth-order valence-corrected chi connectivity index (χ4v) is 2.60. The number of halogens is 1. The van der Waals surface area contributed by atoms with Crippen LogP contribution in [0.1, 0.15) is 19.3 Å². The van der Waals surface area contributed by atoms with E-state index in [0.717, 1.165) is 6.42 Å². The number of hydrogen-bond donors (Lipinski definition) is 2. The molecule has 0 radical (unpaired) electrons. The molecule has 0 spiro atoms. The van der Waals surface area contributed by atoms with Crippen LogP contribution >= 0.6 is 11.6 Å². The molecule has 1 aliphatic rings. The Morgan fingerprint density at radius 1 is 1.52 bits per heavy atom. The van der Waals surface area contributed by atoms with Crippen molar-refractivity contribution in [2.75, 3.05) is 19.0 Å². The maximum atomic E-state index is 12.3. The zero-order valence-corrected chi connectivity index (χ0v) is 12.4. The number of anilines is 1. The largest absolute Gasteiger partial charge is 0.497 e. The molecule has 1 aliphatic heterocycles. The number of urea groups is 1. The number of aliphatic carboxylic acids is 1. The lowest BCUT2D eigenvalue weighted by Crippen LogP contribution is -2.39. The van der Waals surface area contributed by atoms with Gasteiger partial charge in [0.25, 0.3) is 0 Å². The first-order valence-corrected chi connectivity index (χ1v) is 7.02. The van der Waals surface area contributed by atoms with E-state index in [-0.39, 0.29) is 18.5 Å². The zero-order valence-electron chi connectivity index (χ0n) is 11.6. The highest BCUT2D eigenvalue weighted by Gasteiger charge is 2.30. The second-order valence-corrected chi connectivity index (χ2v) is 5.27. The number of carbonyl (C=O) groups is 2. The van der Waals surface area contributed by atoms with Gasteiger partial charge in [0.2, 0.25) is 0 Å². The average molecular weight is 313 g/mol. The van der Waals surface area contributed by atoms with Crippen molar-refractivity contribution in [3.8, 4) is 5.75 Å². The SMILES string of the molecule is COc1ccc(Cl)c(NC(=O)N2CCCC2CC(=O)O)c1. The van der Waals surface area contributed by atoms with Gasteiger partial charge < -0.3 is 20.1 Å². The summed E-state index contributed by atoms with van der Waals surface area (Å²) < 4.78 is 5.09. The van der Waals surface area contributed by atoms with E-state index >= 15 is 0 Å². The molecule has 1 heterocycles. The summed E-state index contributed by atoms with van der Waals surface area (Å²) in [7, 11) is 1.53. The normalized spacial score (nSPS) is 17.6. The predicted octanol–water partition coefficient (Wildman–Crippen LogP) is 2.82. The van der Waals surface area contributed by atoms with Gasteiger partial charge in [-0.05, 0) is 25.0 Å². The maximum absolute atomic E-state index is 12.3. The van der Waals surface area contributed by atoms with Crippen LogP contribution in [0.4, 0.5) is 10.5 Å². The molecule has 0 aliphatic carbocycles. The first kappa shape index (κ1) is 15.4. The topological polar surface area (TPSA) is 78.9 Å². The molecule has 1 aromatic rings. The summed E-state index contributed by atoms with van der Waals surface area (Å²) in [6, 6.07) is 4.35. The average Bonchev–Trinajstić information content (AvgIpc) is 2.88. The minimum Gasteiger partial charge on any atom is -0.497 e. The summed E-state index contributed by atoms with van der Waals surface area (Å²) >= 11 is 6.04. The molecular formula is C14H17ClN2O4. The van der Waals surface area contributed by atoms with E-state index in [2.05, 4.69) is 5.32 Å². The highest BCUT2D eigenvalue weighted by molar-refractivity contribution is 6.33. The van der Waals surface area contributed by atoms with Crippen molar-refractivity contribution in [3.05, 3.63) is 23.2 Å². The van der Waals surface area contributed by atoms with Crippen LogP contribution in [-0.4, -0.2) is 41.7 Å². The van der Waals surface area contributed by atoms with E-state index in [1.54, 1.807) is 23.1 Å². The van der Waals surface area contributed by atoms with E-state index in [1.807, 2.05) is 0 Å². The number of likely N-dealkylation sites (tertiary alicyclic amines) is 1. The zero-order chi connectivity index (χ0) is 15.4. The lowest BCUT2D eigenvalue weighted by atomic mass is 10.1. The van der Waals surface area contributed by atoms with Crippen molar-refractivity contribution in [1.29, 1.82) is 0 Å². The van der Waals surface area contributed by atoms with E-state index in [1.165, 1.54) is 7.11 Å². The van der Waals surface area contributed by atoms with Gasteiger partial charge in [0.15, 0.2) is 0 Å². The third kappa shape index (κ3) is 3.78. The molecule has 1 atom stereocenters. The smallest absolute Gasteiger partial charge is 0.322 e. The third-order valence-electron chi connectivity index (χ3n) is 3.46. The van der Waals surface area contributed by atoms with Gasteiger partial charge in [-0.25, -0.2) is 4.79 Å². The van der Waals surface area contributed by atoms with Crippen molar-refractivity contribution in [2.45, 2.75) is 25.3 Å². The van der Waals surface area contributed by atoms with E-state index in [0.29, 0.717) is 29.4 Å². The number of carboxylic acids is 1. The summed E-state index contributed by atoms with van der Waals surface area (Å²) in [5.41, 5.74) is 0.446. The van der Waals surface area contributed by atoms with Crippen LogP contribution in [-0.2, 0) is 4.79 Å². The molecule has 0 saturated carbocycles. The monoisotopic (exact) mass is 312 g/mol. The summed E-state index contributed by atoms with van der Waals surface area (Å²) in [5, 5.41) is 12.0. The molecule has 1 aromatic carbocycles. The molecule has 21 heavy (non-hydrogen) atoms. The Morgan fingerprint density at radius 2 is 2.29 bits per heavy atom. The minimum absolute atomic E-state index is 0.0424. The second kappa shape index (κ2) is 6.67. The number of ether oxygens (including phenoxy) is 1. The minimum atomic E-state index is -0.904. The Labute approximate surface area is 127 Å². The van der Waals surface area contributed by atoms with Crippen LogP contribution in [0.15, 0.2) is 18.2 Å². The van der Waals surface area contributed by atoms with Crippen molar-refractivity contribution in [2.24, 2.45) is 0 Å².